The van der Waals surface area contributed by atoms with Crippen LogP contribution in [0.1, 0.15) is 13.3 Å². The van der Waals surface area contributed by atoms with E-state index in [-0.39, 0.29) is 5.75 Å². The molecule has 0 aliphatic rings. The minimum absolute atomic E-state index is 0.00229. The maximum absolute atomic E-state index is 10.6. The van der Waals surface area contributed by atoms with Gasteiger partial charge in [0.1, 0.15) is 11.3 Å². The lowest BCUT2D eigenvalue weighted by molar-refractivity contribution is -0.133. The summed E-state index contributed by atoms with van der Waals surface area (Å²) in [4.78, 5) is 15.1. The van der Waals surface area contributed by atoms with Crippen molar-refractivity contribution in [3.63, 3.8) is 0 Å². The van der Waals surface area contributed by atoms with Crippen LogP contribution in [0, 0.1) is 0 Å². The van der Waals surface area contributed by atoms with Crippen molar-refractivity contribution in [2.45, 2.75) is 18.5 Å². The van der Waals surface area contributed by atoms with Crippen LogP contribution in [0.15, 0.2) is 23.4 Å². The van der Waals surface area contributed by atoms with E-state index in [9.17, 15) is 4.79 Å². The number of aryl methyl sites for hydroxylation is 1. The van der Waals surface area contributed by atoms with E-state index in [1.165, 1.54) is 11.8 Å². The Morgan fingerprint density at radius 1 is 1.53 bits per heavy atom. The zero-order valence-electron chi connectivity index (χ0n) is 10.9. The second kappa shape index (κ2) is 5.97. The molecule has 0 unspecified atom stereocenters. The molecular weight excluding hydrogens is 264 g/mol. The van der Waals surface area contributed by atoms with Crippen LogP contribution in [0.5, 0.6) is 5.75 Å². The van der Waals surface area contributed by atoms with Crippen molar-refractivity contribution in [2.75, 3.05) is 12.4 Å². The summed E-state index contributed by atoms with van der Waals surface area (Å²) in [5, 5.41) is 9.41. The maximum Gasteiger partial charge on any atom is 0.313 e. The number of thioether (sulfide) groups is 1. The van der Waals surface area contributed by atoms with Crippen molar-refractivity contribution in [3.05, 3.63) is 18.2 Å². The van der Waals surface area contributed by atoms with E-state index < -0.39 is 5.97 Å². The zero-order valence-corrected chi connectivity index (χ0v) is 11.7. The first-order valence-electron chi connectivity index (χ1n) is 6.06. The predicted molar refractivity (Wildman–Crippen MR) is 74.9 cm³/mol. The number of nitrogens with zero attached hydrogens (tertiary/aromatic N) is 2. The van der Waals surface area contributed by atoms with Gasteiger partial charge in [0.15, 0.2) is 5.16 Å². The summed E-state index contributed by atoms with van der Waals surface area (Å²) in [6.45, 7) is 2.69. The molecule has 1 aromatic heterocycles. The predicted octanol–water partition coefficient (Wildman–Crippen LogP) is 2.54. The average molecular weight is 280 g/mol. The van der Waals surface area contributed by atoms with Crippen LogP contribution in [-0.2, 0) is 11.8 Å². The number of aromatic nitrogens is 2. The Labute approximate surface area is 115 Å². The Balaban J connectivity index is 2.35. The van der Waals surface area contributed by atoms with E-state index in [1.807, 2.05) is 36.7 Å². The fourth-order valence-corrected chi connectivity index (χ4v) is 2.45. The molecule has 0 spiro atoms. The molecule has 0 aliphatic heterocycles. The highest BCUT2D eigenvalue weighted by atomic mass is 32.2. The van der Waals surface area contributed by atoms with Gasteiger partial charge in [-0.3, -0.25) is 4.79 Å². The van der Waals surface area contributed by atoms with Gasteiger partial charge in [-0.15, -0.1) is 0 Å². The molecule has 0 radical (unpaired) electrons. The molecular formula is C13H16N2O3S. The monoisotopic (exact) mass is 280 g/mol. The van der Waals surface area contributed by atoms with Crippen molar-refractivity contribution in [1.82, 2.24) is 9.55 Å². The lowest BCUT2D eigenvalue weighted by atomic mass is 10.3. The van der Waals surface area contributed by atoms with Crippen LogP contribution in [0.25, 0.3) is 11.0 Å². The zero-order chi connectivity index (χ0) is 13.8. The average Bonchev–Trinajstić information content (AvgIpc) is 2.72. The molecule has 2 aromatic rings. The largest absolute Gasteiger partial charge is 0.491 e. The first-order chi connectivity index (χ1) is 9.13. The smallest absolute Gasteiger partial charge is 0.313 e. The fraction of sp³-hybridized carbons (Fsp3) is 0.385. The number of ether oxygens (including phenoxy) is 1. The molecule has 0 saturated carbocycles. The van der Waals surface area contributed by atoms with Crippen LogP contribution in [0.3, 0.4) is 0 Å². The van der Waals surface area contributed by atoms with Crippen LogP contribution in [0.2, 0.25) is 0 Å². The summed E-state index contributed by atoms with van der Waals surface area (Å²) < 4.78 is 7.55. The maximum atomic E-state index is 10.6. The number of carboxylic acid groups (broad SMARTS) is 1. The van der Waals surface area contributed by atoms with Crippen LogP contribution in [-0.4, -0.2) is 33.0 Å². The topological polar surface area (TPSA) is 64.3 Å². The number of carboxylic acids is 1. The van der Waals surface area contributed by atoms with Crippen molar-refractivity contribution in [1.29, 1.82) is 0 Å². The number of para-hydroxylation sites is 1. The number of imidazole rings is 1. The molecule has 0 fully saturated rings. The van der Waals surface area contributed by atoms with Gasteiger partial charge >= 0.3 is 5.97 Å². The molecule has 0 atom stereocenters. The third-order valence-corrected chi connectivity index (χ3v) is 3.63. The van der Waals surface area contributed by atoms with Gasteiger partial charge in [-0.2, -0.15) is 0 Å². The Morgan fingerprint density at radius 2 is 2.32 bits per heavy atom. The highest BCUT2D eigenvalue weighted by Gasteiger charge is 2.13. The molecule has 1 heterocycles. The van der Waals surface area contributed by atoms with E-state index in [0.717, 1.165) is 23.2 Å². The van der Waals surface area contributed by atoms with Crippen LogP contribution < -0.4 is 4.74 Å². The number of benzene rings is 1. The summed E-state index contributed by atoms with van der Waals surface area (Å²) >= 11 is 1.21. The quantitative estimate of drug-likeness (QED) is 0.824. The van der Waals surface area contributed by atoms with Gasteiger partial charge in [0.25, 0.3) is 0 Å². The van der Waals surface area contributed by atoms with E-state index in [2.05, 4.69) is 4.98 Å². The number of carbonyl (C=O) groups is 1. The minimum atomic E-state index is -0.848. The number of rotatable bonds is 6. The molecule has 2 rings (SSSR count). The number of hydrogen-bond donors (Lipinski definition) is 1. The van der Waals surface area contributed by atoms with Crippen molar-refractivity contribution in [3.8, 4) is 5.75 Å². The van der Waals surface area contributed by atoms with E-state index in [1.54, 1.807) is 0 Å². The van der Waals surface area contributed by atoms with Crippen molar-refractivity contribution in [2.24, 2.45) is 7.05 Å². The number of hydrogen-bond acceptors (Lipinski definition) is 4. The number of aliphatic carboxylic acids is 1. The lowest BCUT2D eigenvalue weighted by Gasteiger charge is -2.04. The van der Waals surface area contributed by atoms with Gasteiger partial charge in [-0.1, -0.05) is 24.8 Å². The third kappa shape index (κ3) is 3.01. The van der Waals surface area contributed by atoms with Crippen LogP contribution in [0.4, 0.5) is 0 Å². The molecule has 5 nitrogen and oxygen atoms in total. The SMILES string of the molecule is CCCOc1cccc2c1nc(SCC(=O)O)n2C. The first kappa shape index (κ1) is 13.7. The van der Waals surface area contributed by atoms with E-state index in [4.69, 9.17) is 9.84 Å². The van der Waals surface area contributed by atoms with Crippen molar-refractivity contribution >= 4 is 28.8 Å². The highest BCUT2D eigenvalue weighted by Crippen LogP contribution is 2.29. The molecule has 1 aromatic carbocycles. The molecule has 0 bridgehead atoms. The normalized spacial score (nSPS) is 10.8. The molecule has 0 aliphatic carbocycles. The molecule has 1 N–H and O–H groups in total. The van der Waals surface area contributed by atoms with Gasteiger partial charge in [-0.25, -0.2) is 4.98 Å². The molecule has 19 heavy (non-hydrogen) atoms. The number of fused-ring (bicyclic) bond motifs is 1. The van der Waals surface area contributed by atoms with Gasteiger partial charge in [0.05, 0.1) is 17.9 Å². The standard InChI is InChI=1S/C13H16N2O3S/c1-3-7-18-10-6-4-5-9-12(10)14-13(15(9)2)19-8-11(16)17/h4-6H,3,7-8H2,1-2H3,(H,16,17). The highest BCUT2D eigenvalue weighted by molar-refractivity contribution is 7.99. The van der Waals surface area contributed by atoms with Gasteiger partial charge in [-0.05, 0) is 18.6 Å². The Bertz CT molecular complexity index is 595. The van der Waals surface area contributed by atoms with Gasteiger partial charge in [0.2, 0.25) is 0 Å². The molecule has 102 valence electrons. The summed E-state index contributed by atoms with van der Waals surface area (Å²) in [5.41, 5.74) is 1.73. The van der Waals surface area contributed by atoms with E-state index >= 15 is 0 Å². The molecule has 6 heteroatoms. The summed E-state index contributed by atoms with van der Waals surface area (Å²) in [6.07, 6.45) is 0.934. The Hall–Kier alpha value is -1.69. The fourth-order valence-electron chi connectivity index (χ4n) is 1.75. The third-order valence-electron chi connectivity index (χ3n) is 2.62. The van der Waals surface area contributed by atoms with Crippen LogP contribution >= 0.6 is 11.8 Å². The second-order valence-corrected chi connectivity index (χ2v) is 5.05. The lowest BCUT2D eigenvalue weighted by Crippen LogP contribution is -2.00. The summed E-state index contributed by atoms with van der Waals surface area (Å²) in [6, 6.07) is 5.75. The van der Waals surface area contributed by atoms with Gasteiger partial charge in [0, 0.05) is 7.05 Å². The van der Waals surface area contributed by atoms with Crippen molar-refractivity contribution < 1.29 is 14.6 Å². The first-order valence-corrected chi connectivity index (χ1v) is 7.05. The Kier molecular flexibility index (Phi) is 4.31. The second-order valence-electron chi connectivity index (χ2n) is 4.11. The van der Waals surface area contributed by atoms with E-state index in [0.29, 0.717) is 11.8 Å². The molecule has 0 amide bonds. The summed E-state index contributed by atoms with van der Waals surface area (Å²) in [5.74, 6) is -0.0980. The minimum Gasteiger partial charge on any atom is -0.491 e. The van der Waals surface area contributed by atoms with Gasteiger partial charge < -0.3 is 14.4 Å². The summed E-state index contributed by atoms with van der Waals surface area (Å²) in [7, 11) is 1.88. The molecule has 0 saturated heterocycles. The Morgan fingerprint density at radius 3 is 3.00 bits per heavy atom.